The van der Waals surface area contributed by atoms with Crippen molar-refractivity contribution in [2.45, 2.75) is 31.8 Å². The summed E-state index contributed by atoms with van der Waals surface area (Å²) in [6, 6.07) is 4.21. The third-order valence-corrected chi connectivity index (χ3v) is 3.91. The van der Waals surface area contributed by atoms with Gasteiger partial charge in [-0.05, 0) is 47.8 Å². The maximum atomic E-state index is 12.2. The topological polar surface area (TPSA) is 36.4 Å². The first-order valence-electron chi connectivity index (χ1n) is 5.82. The monoisotopic (exact) mass is 295 g/mol. The van der Waals surface area contributed by atoms with Crippen LogP contribution in [0.4, 0.5) is 11.5 Å². The van der Waals surface area contributed by atoms with Crippen molar-refractivity contribution in [3.05, 3.63) is 16.7 Å². The van der Waals surface area contributed by atoms with Gasteiger partial charge in [0.15, 0.2) is 5.82 Å². The lowest BCUT2D eigenvalue weighted by atomic mass is 10.1. The largest absolute Gasteiger partial charge is 0.340 e. The molecule has 2 aliphatic rings. The van der Waals surface area contributed by atoms with Gasteiger partial charge in [0.2, 0.25) is 5.91 Å². The highest BCUT2D eigenvalue weighted by Gasteiger charge is 2.42. The molecule has 4 nitrogen and oxygen atoms in total. The summed E-state index contributed by atoms with van der Waals surface area (Å²) < 4.78 is 0.817. The zero-order valence-corrected chi connectivity index (χ0v) is 11.4. The molecule has 1 aliphatic heterocycles. The Morgan fingerprint density at radius 3 is 2.76 bits per heavy atom. The predicted octanol–water partition coefficient (Wildman–Crippen LogP) is 2.18. The van der Waals surface area contributed by atoms with E-state index >= 15 is 0 Å². The Hall–Kier alpha value is -1.10. The Morgan fingerprint density at radius 2 is 2.12 bits per heavy atom. The molecule has 2 heterocycles. The minimum Gasteiger partial charge on any atom is -0.340 e. The Labute approximate surface area is 109 Å². The second-order valence-corrected chi connectivity index (χ2v) is 5.50. The highest BCUT2D eigenvalue weighted by Crippen LogP contribution is 2.41. The Bertz CT molecular complexity index is 487. The molecule has 0 saturated heterocycles. The van der Waals surface area contributed by atoms with Gasteiger partial charge in [-0.15, -0.1) is 0 Å². The van der Waals surface area contributed by atoms with Gasteiger partial charge in [0.25, 0.3) is 0 Å². The normalized spacial score (nSPS) is 23.9. The van der Waals surface area contributed by atoms with Crippen LogP contribution in [-0.4, -0.2) is 30.0 Å². The van der Waals surface area contributed by atoms with Crippen molar-refractivity contribution in [2.75, 3.05) is 16.8 Å². The van der Waals surface area contributed by atoms with Crippen LogP contribution in [-0.2, 0) is 4.79 Å². The van der Waals surface area contributed by atoms with E-state index in [1.54, 1.807) is 4.90 Å². The lowest BCUT2D eigenvalue weighted by Gasteiger charge is -2.39. The van der Waals surface area contributed by atoms with Crippen LogP contribution in [0.5, 0.6) is 0 Å². The third kappa shape index (κ3) is 1.64. The van der Waals surface area contributed by atoms with Gasteiger partial charge in [-0.3, -0.25) is 4.79 Å². The van der Waals surface area contributed by atoms with Gasteiger partial charge in [0, 0.05) is 13.1 Å². The molecule has 90 valence electrons. The lowest BCUT2D eigenvalue weighted by molar-refractivity contribution is -0.119. The number of hydrogen-bond acceptors (Lipinski definition) is 3. The van der Waals surface area contributed by atoms with Crippen LogP contribution < -0.4 is 9.80 Å². The molecule has 5 heteroatoms. The lowest BCUT2D eigenvalue weighted by Crippen LogP contribution is -2.52. The molecule has 0 radical (unpaired) electrons. The molecule has 1 atom stereocenters. The molecule has 0 bridgehead atoms. The van der Waals surface area contributed by atoms with Gasteiger partial charge in [-0.1, -0.05) is 0 Å². The molecule has 3 rings (SSSR count). The average molecular weight is 296 g/mol. The van der Waals surface area contributed by atoms with Crippen molar-refractivity contribution in [1.29, 1.82) is 0 Å². The summed E-state index contributed by atoms with van der Waals surface area (Å²) in [6.45, 7) is 1.96. The molecule has 1 aromatic rings. The zero-order chi connectivity index (χ0) is 12.2. The van der Waals surface area contributed by atoms with E-state index in [1.165, 1.54) is 0 Å². The van der Waals surface area contributed by atoms with E-state index in [0.29, 0.717) is 6.04 Å². The van der Waals surface area contributed by atoms with E-state index in [9.17, 15) is 4.79 Å². The molecule has 1 amide bonds. The number of anilines is 2. The number of hydrogen-bond donors (Lipinski definition) is 0. The van der Waals surface area contributed by atoms with Crippen LogP contribution in [0.1, 0.15) is 19.8 Å². The Kier molecular flexibility index (Phi) is 2.40. The molecule has 17 heavy (non-hydrogen) atoms. The summed E-state index contributed by atoms with van der Waals surface area (Å²) in [4.78, 5) is 20.6. The number of carbonyl (C=O) groups excluding carboxylic acids is 1. The van der Waals surface area contributed by atoms with Crippen LogP contribution in [0, 0.1) is 0 Å². The van der Waals surface area contributed by atoms with Crippen molar-refractivity contribution in [3.63, 3.8) is 0 Å². The van der Waals surface area contributed by atoms with Crippen LogP contribution in [0.2, 0.25) is 0 Å². The smallest absolute Gasteiger partial charge is 0.249 e. The van der Waals surface area contributed by atoms with Crippen molar-refractivity contribution in [3.8, 4) is 0 Å². The van der Waals surface area contributed by atoms with Crippen LogP contribution in [0.25, 0.3) is 0 Å². The first-order valence-corrected chi connectivity index (χ1v) is 6.61. The van der Waals surface area contributed by atoms with E-state index in [2.05, 4.69) is 25.8 Å². The third-order valence-electron chi connectivity index (χ3n) is 3.47. The number of aromatic nitrogens is 1. The van der Waals surface area contributed by atoms with E-state index in [-0.39, 0.29) is 11.9 Å². The predicted molar refractivity (Wildman–Crippen MR) is 70.3 cm³/mol. The fourth-order valence-electron chi connectivity index (χ4n) is 2.41. The quantitative estimate of drug-likeness (QED) is 0.745. The number of carbonyl (C=O) groups is 1. The molecular weight excluding hydrogens is 282 g/mol. The SMILES string of the molecule is CC1C(=O)N(C)c2ccc(Br)nc2N1C1CC1. The molecule has 1 unspecified atom stereocenters. The van der Waals surface area contributed by atoms with Crippen molar-refractivity contribution >= 4 is 33.3 Å². The fourth-order valence-corrected chi connectivity index (χ4v) is 2.71. The van der Waals surface area contributed by atoms with Crippen LogP contribution in [0.3, 0.4) is 0 Å². The van der Waals surface area contributed by atoms with Gasteiger partial charge >= 0.3 is 0 Å². The maximum absolute atomic E-state index is 12.2. The maximum Gasteiger partial charge on any atom is 0.249 e. The van der Waals surface area contributed by atoms with Crippen LogP contribution >= 0.6 is 15.9 Å². The second-order valence-electron chi connectivity index (χ2n) is 4.69. The molecule has 1 fully saturated rings. The summed E-state index contributed by atoms with van der Waals surface area (Å²) in [5, 5.41) is 0. The first-order chi connectivity index (χ1) is 8.09. The highest BCUT2D eigenvalue weighted by atomic mass is 79.9. The summed E-state index contributed by atoms with van der Waals surface area (Å²) in [5.41, 5.74) is 0.906. The van der Waals surface area contributed by atoms with E-state index < -0.39 is 0 Å². The van der Waals surface area contributed by atoms with Crippen LogP contribution in [0.15, 0.2) is 16.7 Å². The van der Waals surface area contributed by atoms with Crippen molar-refractivity contribution < 1.29 is 4.79 Å². The minimum atomic E-state index is -0.109. The van der Waals surface area contributed by atoms with Gasteiger partial charge in [0.05, 0.1) is 5.69 Å². The molecule has 1 saturated carbocycles. The fraction of sp³-hybridized carbons (Fsp3) is 0.500. The number of rotatable bonds is 1. The van der Waals surface area contributed by atoms with Gasteiger partial charge < -0.3 is 9.80 Å². The van der Waals surface area contributed by atoms with E-state index in [4.69, 9.17) is 0 Å². The van der Waals surface area contributed by atoms with Gasteiger partial charge in [0.1, 0.15) is 10.6 Å². The number of halogens is 1. The molecule has 1 aromatic heterocycles. The number of nitrogens with zero attached hydrogens (tertiary/aromatic N) is 3. The molecule has 0 aromatic carbocycles. The summed E-state index contributed by atoms with van der Waals surface area (Å²) in [5.74, 6) is 1.07. The number of fused-ring (bicyclic) bond motifs is 1. The molecule has 0 N–H and O–H groups in total. The highest BCUT2D eigenvalue weighted by molar-refractivity contribution is 9.10. The summed E-state index contributed by atoms with van der Waals surface area (Å²) >= 11 is 3.40. The Morgan fingerprint density at radius 1 is 1.41 bits per heavy atom. The zero-order valence-electron chi connectivity index (χ0n) is 9.85. The molecule has 0 spiro atoms. The number of amides is 1. The molecule has 1 aliphatic carbocycles. The first kappa shape index (κ1) is 11.0. The van der Waals surface area contributed by atoms with Crippen molar-refractivity contribution in [2.24, 2.45) is 0 Å². The van der Waals surface area contributed by atoms with E-state index in [0.717, 1.165) is 29.0 Å². The Balaban J connectivity index is 2.14. The average Bonchev–Trinajstić information content (AvgIpc) is 3.10. The minimum absolute atomic E-state index is 0.109. The summed E-state index contributed by atoms with van der Waals surface area (Å²) in [7, 11) is 1.82. The number of likely N-dealkylation sites (N-methyl/N-ethyl adjacent to an activating group) is 1. The van der Waals surface area contributed by atoms with Gasteiger partial charge in [-0.25, -0.2) is 4.98 Å². The summed E-state index contributed by atoms with van der Waals surface area (Å²) in [6.07, 6.45) is 2.32. The molecular formula is C12H14BrN3O. The van der Waals surface area contributed by atoms with E-state index in [1.807, 2.05) is 26.1 Å². The van der Waals surface area contributed by atoms with Gasteiger partial charge in [-0.2, -0.15) is 0 Å². The number of pyridine rings is 1. The van der Waals surface area contributed by atoms with Crippen molar-refractivity contribution in [1.82, 2.24) is 4.98 Å². The standard InChI is InChI=1S/C12H14BrN3O/c1-7-12(17)15(2)9-5-6-10(13)14-11(9)16(7)8-3-4-8/h5-8H,3-4H2,1-2H3. The second kappa shape index (κ2) is 3.70.